The lowest BCUT2D eigenvalue weighted by Crippen LogP contribution is -2.36. The Kier molecular flexibility index (Phi) is 5.48. The van der Waals surface area contributed by atoms with E-state index >= 15 is 0 Å². The first-order valence-corrected chi connectivity index (χ1v) is 6.75. The van der Waals surface area contributed by atoms with E-state index in [1.165, 1.54) is 11.1 Å². The van der Waals surface area contributed by atoms with E-state index < -0.39 is 0 Å². The van der Waals surface area contributed by atoms with E-state index in [1.54, 1.807) is 0 Å². The lowest BCUT2D eigenvalue weighted by atomic mass is 9.86. The summed E-state index contributed by atoms with van der Waals surface area (Å²) in [7, 11) is 2.03. The van der Waals surface area contributed by atoms with Crippen LogP contribution in [0.3, 0.4) is 0 Å². The lowest BCUT2D eigenvalue weighted by molar-refractivity contribution is 0.310. The number of nitrogens with one attached hydrogen (secondary N) is 1. The number of aryl methyl sites for hydroxylation is 1. The Morgan fingerprint density at radius 3 is 2.35 bits per heavy atom. The van der Waals surface area contributed by atoms with Gasteiger partial charge in [0, 0.05) is 11.1 Å². The molecule has 2 heteroatoms. The molecule has 0 aliphatic heterocycles. The highest BCUT2D eigenvalue weighted by atomic mass is 35.5. The van der Waals surface area contributed by atoms with Crippen LogP contribution in [0.4, 0.5) is 0 Å². The van der Waals surface area contributed by atoms with Gasteiger partial charge in [-0.1, -0.05) is 44.5 Å². The van der Waals surface area contributed by atoms with Crippen LogP contribution in [0.1, 0.15) is 31.9 Å². The quantitative estimate of drug-likeness (QED) is 0.834. The molecule has 0 saturated heterocycles. The van der Waals surface area contributed by atoms with E-state index in [1.807, 2.05) is 13.1 Å². The van der Waals surface area contributed by atoms with Gasteiger partial charge < -0.3 is 5.32 Å². The van der Waals surface area contributed by atoms with Crippen molar-refractivity contribution >= 4 is 11.6 Å². The normalized spacial score (nSPS) is 15.0. The molecule has 1 aromatic rings. The minimum absolute atomic E-state index is 0.482. The number of benzene rings is 1. The van der Waals surface area contributed by atoms with Crippen molar-refractivity contribution in [3.05, 3.63) is 34.3 Å². The monoisotopic (exact) mass is 253 g/mol. The van der Waals surface area contributed by atoms with Crippen molar-refractivity contribution in [1.29, 1.82) is 0 Å². The smallest absolute Gasteiger partial charge is 0.0441 e. The zero-order valence-corrected chi connectivity index (χ0v) is 12.3. The van der Waals surface area contributed by atoms with E-state index in [9.17, 15) is 0 Å². The van der Waals surface area contributed by atoms with Crippen LogP contribution in [0.5, 0.6) is 0 Å². The summed E-state index contributed by atoms with van der Waals surface area (Å²) in [5.74, 6) is 1.31. The highest BCUT2D eigenvalue weighted by Gasteiger charge is 2.19. The van der Waals surface area contributed by atoms with Crippen LogP contribution in [0.2, 0.25) is 5.02 Å². The van der Waals surface area contributed by atoms with Gasteiger partial charge in [0.05, 0.1) is 0 Å². The molecule has 1 nitrogen and oxygen atoms in total. The largest absolute Gasteiger partial charge is 0.316 e. The Labute approximate surface area is 111 Å². The van der Waals surface area contributed by atoms with E-state index in [0.29, 0.717) is 17.9 Å². The molecule has 2 unspecified atom stereocenters. The highest BCUT2D eigenvalue weighted by molar-refractivity contribution is 6.31. The molecule has 0 aromatic heterocycles. The van der Waals surface area contributed by atoms with Crippen LogP contribution in [-0.2, 0) is 6.42 Å². The van der Waals surface area contributed by atoms with Crippen LogP contribution in [0.25, 0.3) is 0 Å². The molecular formula is C15H24ClN. The summed E-state index contributed by atoms with van der Waals surface area (Å²) in [4.78, 5) is 0. The number of halogens is 1. The summed E-state index contributed by atoms with van der Waals surface area (Å²) in [5.41, 5.74) is 2.46. The maximum Gasteiger partial charge on any atom is 0.0441 e. The van der Waals surface area contributed by atoms with Crippen LogP contribution >= 0.6 is 11.6 Å². The molecule has 1 aromatic carbocycles. The Bertz CT molecular complexity index is 360. The molecule has 17 heavy (non-hydrogen) atoms. The first kappa shape index (κ1) is 14.5. The van der Waals surface area contributed by atoms with Crippen molar-refractivity contribution in [1.82, 2.24) is 5.32 Å². The summed E-state index contributed by atoms with van der Waals surface area (Å²) in [6, 6.07) is 6.81. The third-order valence-electron chi connectivity index (χ3n) is 3.71. The van der Waals surface area contributed by atoms with E-state index in [0.717, 1.165) is 11.4 Å². The average molecular weight is 254 g/mol. The molecule has 0 heterocycles. The molecule has 0 aliphatic rings. The van der Waals surface area contributed by atoms with Crippen LogP contribution < -0.4 is 5.32 Å². The molecule has 0 amide bonds. The number of likely N-dealkylation sites (N-methyl/N-ethyl adjacent to an activating group) is 1. The number of rotatable bonds is 5. The lowest BCUT2D eigenvalue weighted by Gasteiger charge is -2.27. The predicted octanol–water partition coefficient (Wildman–Crippen LogP) is 4.07. The Morgan fingerprint density at radius 2 is 1.88 bits per heavy atom. The Morgan fingerprint density at radius 1 is 1.24 bits per heavy atom. The Hall–Kier alpha value is -0.530. The SMILES string of the molecule is CNC(Cc1ccc(C)cc1Cl)C(C)C(C)C. The first-order valence-electron chi connectivity index (χ1n) is 6.38. The van der Waals surface area contributed by atoms with Gasteiger partial charge in [0.25, 0.3) is 0 Å². The van der Waals surface area contributed by atoms with E-state index in [4.69, 9.17) is 11.6 Å². The molecule has 0 saturated carbocycles. The minimum atomic E-state index is 0.482. The van der Waals surface area contributed by atoms with Gasteiger partial charge >= 0.3 is 0 Å². The zero-order valence-electron chi connectivity index (χ0n) is 11.5. The van der Waals surface area contributed by atoms with Crippen molar-refractivity contribution in [2.24, 2.45) is 11.8 Å². The van der Waals surface area contributed by atoms with Gasteiger partial charge in [-0.3, -0.25) is 0 Å². The summed E-state index contributed by atoms with van der Waals surface area (Å²) >= 11 is 6.29. The molecule has 1 rings (SSSR count). The second-order valence-electron chi connectivity index (χ2n) is 5.30. The molecule has 0 aliphatic carbocycles. The van der Waals surface area contributed by atoms with Gasteiger partial charge in [-0.15, -0.1) is 0 Å². The van der Waals surface area contributed by atoms with Gasteiger partial charge in [-0.05, 0) is 49.4 Å². The summed E-state index contributed by atoms with van der Waals surface area (Å²) in [5, 5.41) is 4.30. The fourth-order valence-corrected chi connectivity index (χ4v) is 2.38. The van der Waals surface area contributed by atoms with Crippen molar-refractivity contribution in [3.8, 4) is 0 Å². The molecule has 0 radical (unpaired) electrons. The molecule has 0 bridgehead atoms. The molecular weight excluding hydrogens is 230 g/mol. The van der Waals surface area contributed by atoms with E-state index in [-0.39, 0.29) is 0 Å². The minimum Gasteiger partial charge on any atom is -0.316 e. The van der Waals surface area contributed by atoms with E-state index in [2.05, 4.69) is 45.1 Å². The molecule has 1 N–H and O–H groups in total. The topological polar surface area (TPSA) is 12.0 Å². The van der Waals surface area contributed by atoms with Crippen molar-refractivity contribution in [2.45, 2.75) is 40.2 Å². The summed E-state index contributed by atoms with van der Waals surface area (Å²) < 4.78 is 0. The van der Waals surface area contributed by atoms with Crippen molar-refractivity contribution < 1.29 is 0 Å². The fourth-order valence-electron chi connectivity index (χ4n) is 2.07. The molecule has 0 spiro atoms. The summed E-state index contributed by atoms with van der Waals surface area (Å²) in [6.07, 6.45) is 0.995. The zero-order chi connectivity index (χ0) is 13.0. The van der Waals surface area contributed by atoms with Gasteiger partial charge in [0.15, 0.2) is 0 Å². The van der Waals surface area contributed by atoms with Gasteiger partial charge in [0.1, 0.15) is 0 Å². The summed E-state index contributed by atoms with van der Waals surface area (Å²) in [6.45, 7) is 8.91. The highest BCUT2D eigenvalue weighted by Crippen LogP contribution is 2.23. The first-order chi connectivity index (χ1) is 7.95. The number of hydrogen-bond acceptors (Lipinski definition) is 1. The Balaban J connectivity index is 2.80. The van der Waals surface area contributed by atoms with Crippen LogP contribution in [-0.4, -0.2) is 13.1 Å². The van der Waals surface area contributed by atoms with Gasteiger partial charge in [-0.25, -0.2) is 0 Å². The molecule has 96 valence electrons. The third-order valence-corrected chi connectivity index (χ3v) is 4.06. The standard InChI is InChI=1S/C15H24ClN/c1-10(2)12(4)15(17-5)9-13-7-6-11(3)8-14(13)16/h6-8,10,12,15,17H,9H2,1-5H3. The van der Waals surface area contributed by atoms with Crippen molar-refractivity contribution in [3.63, 3.8) is 0 Å². The maximum absolute atomic E-state index is 6.29. The maximum atomic E-state index is 6.29. The molecule has 2 atom stereocenters. The fraction of sp³-hybridized carbons (Fsp3) is 0.600. The average Bonchev–Trinajstić information content (AvgIpc) is 2.27. The van der Waals surface area contributed by atoms with Gasteiger partial charge in [0.2, 0.25) is 0 Å². The number of hydrogen-bond donors (Lipinski definition) is 1. The van der Waals surface area contributed by atoms with Gasteiger partial charge in [-0.2, -0.15) is 0 Å². The second-order valence-corrected chi connectivity index (χ2v) is 5.70. The van der Waals surface area contributed by atoms with Crippen LogP contribution in [0.15, 0.2) is 18.2 Å². The second kappa shape index (κ2) is 6.42. The predicted molar refractivity (Wildman–Crippen MR) is 76.7 cm³/mol. The third kappa shape index (κ3) is 4.01. The molecule has 0 fully saturated rings. The van der Waals surface area contributed by atoms with Crippen molar-refractivity contribution in [2.75, 3.05) is 7.05 Å². The van der Waals surface area contributed by atoms with Crippen LogP contribution in [0, 0.1) is 18.8 Å².